The maximum absolute atomic E-state index is 5.24. The number of aryl methyl sites for hydroxylation is 1. The summed E-state index contributed by atoms with van der Waals surface area (Å²) in [5.74, 6) is 1.47. The van der Waals surface area contributed by atoms with E-state index >= 15 is 0 Å². The van der Waals surface area contributed by atoms with Gasteiger partial charge in [0.25, 0.3) is 0 Å². The average molecular weight is 301 g/mol. The van der Waals surface area contributed by atoms with Gasteiger partial charge in [-0.05, 0) is 19.8 Å². The molecule has 1 aromatic heterocycles. The molecule has 0 saturated heterocycles. The maximum atomic E-state index is 5.24. The number of hydrogen-bond acceptors (Lipinski definition) is 3. The third-order valence-corrected chi connectivity index (χ3v) is 3.94. The van der Waals surface area contributed by atoms with E-state index in [9.17, 15) is 0 Å². The summed E-state index contributed by atoms with van der Waals surface area (Å²) in [6.45, 7) is 7.17. The van der Waals surface area contributed by atoms with Crippen LogP contribution in [-0.4, -0.2) is 23.5 Å². The molecule has 0 aromatic carbocycles. The zero-order chi connectivity index (χ0) is 12.8. The molecule has 2 unspecified atom stereocenters. The zero-order valence-electron chi connectivity index (χ0n) is 11.0. The van der Waals surface area contributed by atoms with Crippen LogP contribution in [0.15, 0.2) is 12.1 Å². The van der Waals surface area contributed by atoms with Crippen molar-refractivity contribution in [2.45, 2.75) is 33.4 Å². The first-order chi connectivity index (χ1) is 8.06. The highest BCUT2D eigenvalue weighted by Gasteiger charge is 2.10. The summed E-state index contributed by atoms with van der Waals surface area (Å²) in [6, 6.07) is 4.38. The van der Waals surface area contributed by atoms with Crippen molar-refractivity contribution < 1.29 is 4.74 Å². The SMILES string of the molecule is COc1cc(C)nc(CNC(C)C(C)CBr)c1. The van der Waals surface area contributed by atoms with Gasteiger partial charge in [-0.3, -0.25) is 4.98 Å². The minimum absolute atomic E-state index is 0.461. The standard InChI is InChI=1S/C13H21BrN2O/c1-9(7-14)11(3)15-8-12-6-13(17-4)5-10(2)16-12/h5-6,9,11,15H,7-8H2,1-4H3. The van der Waals surface area contributed by atoms with Gasteiger partial charge in [-0.2, -0.15) is 0 Å². The molecule has 0 aliphatic heterocycles. The van der Waals surface area contributed by atoms with Crippen LogP contribution in [0.3, 0.4) is 0 Å². The van der Waals surface area contributed by atoms with Crippen LogP contribution >= 0.6 is 15.9 Å². The molecule has 0 radical (unpaired) electrons. The first-order valence-electron chi connectivity index (χ1n) is 5.87. The molecule has 1 N–H and O–H groups in total. The summed E-state index contributed by atoms with van der Waals surface area (Å²) in [5, 5.41) is 4.49. The van der Waals surface area contributed by atoms with Gasteiger partial charge in [-0.25, -0.2) is 0 Å². The predicted octanol–water partition coefficient (Wildman–Crippen LogP) is 2.91. The Bertz CT molecular complexity index is 357. The summed E-state index contributed by atoms with van der Waals surface area (Å²) in [4.78, 5) is 4.48. The molecule has 0 aliphatic rings. The molecule has 0 saturated carbocycles. The largest absolute Gasteiger partial charge is 0.497 e. The smallest absolute Gasteiger partial charge is 0.122 e. The number of pyridine rings is 1. The summed E-state index contributed by atoms with van der Waals surface area (Å²) < 4.78 is 5.24. The van der Waals surface area contributed by atoms with Gasteiger partial charge in [0, 0.05) is 35.7 Å². The number of methoxy groups -OCH3 is 1. The number of alkyl halides is 1. The van der Waals surface area contributed by atoms with Crippen LogP contribution in [0.5, 0.6) is 5.75 Å². The summed E-state index contributed by atoms with van der Waals surface area (Å²) in [6.07, 6.45) is 0. The Balaban J connectivity index is 2.59. The normalized spacial score (nSPS) is 14.4. The highest BCUT2D eigenvalue weighted by molar-refractivity contribution is 9.09. The number of nitrogens with one attached hydrogen (secondary N) is 1. The maximum Gasteiger partial charge on any atom is 0.122 e. The van der Waals surface area contributed by atoms with Gasteiger partial charge < -0.3 is 10.1 Å². The molecule has 1 aromatic rings. The molecular formula is C13H21BrN2O. The molecule has 0 aliphatic carbocycles. The molecule has 0 fully saturated rings. The molecule has 0 bridgehead atoms. The molecule has 17 heavy (non-hydrogen) atoms. The molecule has 4 heteroatoms. The van der Waals surface area contributed by atoms with Crippen molar-refractivity contribution in [1.82, 2.24) is 10.3 Å². The van der Waals surface area contributed by atoms with Crippen LogP contribution in [-0.2, 0) is 6.54 Å². The molecule has 0 amide bonds. The number of hydrogen-bond donors (Lipinski definition) is 1. The van der Waals surface area contributed by atoms with E-state index in [-0.39, 0.29) is 0 Å². The van der Waals surface area contributed by atoms with Crippen molar-refractivity contribution in [3.05, 3.63) is 23.5 Å². The van der Waals surface area contributed by atoms with E-state index in [4.69, 9.17) is 4.74 Å². The van der Waals surface area contributed by atoms with Crippen molar-refractivity contribution in [1.29, 1.82) is 0 Å². The third kappa shape index (κ3) is 4.64. The highest BCUT2D eigenvalue weighted by Crippen LogP contribution is 2.14. The first kappa shape index (κ1) is 14.5. The molecule has 0 spiro atoms. The quantitative estimate of drug-likeness (QED) is 0.820. The fourth-order valence-corrected chi connectivity index (χ4v) is 2.07. The van der Waals surface area contributed by atoms with Crippen molar-refractivity contribution in [3.8, 4) is 5.75 Å². The van der Waals surface area contributed by atoms with E-state index in [2.05, 4.69) is 40.1 Å². The number of ether oxygens (including phenoxy) is 1. The summed E-state index contributed by atoms with van der Waals surface area (Å²) >= 11 is 3.50. The van der Waals surface area contributed by atoms with Gasteiger partial charge in [0.05, 0.1) is 12.8 Å². The average Bonchev–Trinajstić information content (AvgIpc) is 2.34. The van der Waals surface area contributed by atoms with Crippen LogP contribution in [0, 0.1) is 12.8 Å². The van der Waals surface area contributed by atoms with E-state index in [1.54, 1.807) is 7.11 Å². The topological polar surface area (TPSA) is 34.1 Å². The summed E-state index contributed by atoms with van der Waals surface area (Å²) in [5.41, 5.74) is 2.01. The van der Waals surface area contributed by atoms with E-state index in [1.165, 1.54) is 0 Å². The van der Waals surface area contributed by atoms with Gasteiger partial charge in [-0.15, -0.1) is 0 Å². The van der Waals surface area contributed by atoms with E-state index in [0.29, 0.717) is 12.0 Å². The Morgan fingerprint density at radius 3 is 2.71 bits per heavy atom. The number of rotatable bonds is 6. The van der Waals surface area contributed by atoms with Gasteiger partial charge in [0.15, 0.2) is 0 Å². The minimum atomic E-state index is 0.461. The second-order valence-corrected chi connectivity index (χ2v) is 5.09. The molecule has 1 heterocycles. The Morgan fingerprint density at radius 1 is 1.41 bits per heavy atom. The van der Waals surface area contributed by atoms with E-state index < -0.39 is 0 Å². The van der Waals surface area contributed by atoms with Crippen molar-refractivity contribution in [2.24, 2.45) is 5.92 Å². The Morgan fingerprint density at radius 2 is 2.12 bits per heavy atom. The summed E-state index contributed by atoms with van der Waals surface area (Å²) in [7, 11) is 1.68. The van der Waals surface area contributed by atoms with Crippen LogP contribution in [0.2, 0.25) is 0 Å². The van der Waals surface area contributed by atoms with Crippen molar-refractivity contribution >= 4 is 15.9 Å². The molecule has 96 valence electrons. The van der Waals surface area contributed by atoms with Crippen LogP contribution in [0.1, 0.15) is 25.2 Å². The van der Waals surface area contributed by atoms with Crippen LogP contribution in [0.4, 0.5) is 0 Å². The molecular weight excluding hydrogens is 280 g/mol. The highest BCUT2D eigenvalue weighted by atomic mass is 79.9. The van der Waals surface area contributed by atoms with E-state index in [1.807, 2.05) is 19.1 Å². The van der Waals surface area contributed by atoms with Gasteiger partial charge >= 0.3 is 0 Å². The monoisotopic (exact) mass is 300 g/mol. The fourth-order valence-electron chi connectivity index (χ4n) is 1.51. The molecule has 1 rings (SSSR count). The lowest BCUT2D eigenvalue weighted by atomic mass is 10.1. The van der Waals surface area contributed by atoms with Gasteiger partial charge in [0.2, 0.25) is 0 Å². The molecule has 2 atom stereocenters. The minimum Gasteiger partial charge on any atom is -0.497 e. The predicted molar refractivity (Wildman–Crippen MR) is 74.8 cm³/mol. The van der Waals surface area contributed by atoms with Crippen molar-refractivity contribution in [2.75, 3.05) is 12.4 Å². The number of aromatic nitrogens is 1. The first-order valence-corrected chi connectivity index (χ1v) is 7.00. The number of halogens is 1. The van der Waals surface area contributed by atoms with E-state index in [0.717, 1.165) is 29.0 Å². The van der Waals surface area contributed by atoms with Gasteiger partial charge in [0.1, 0.15) is 5.75 Å². The third-order valence-electron chi connectivity index (χ3n) is 2.92. The lowest BCUT2D eigenvalue weighted by Crippen LogP contribution is -2.32. The Kier molecular flexibility index (Phi) is 5.92. The Hall–Kier alpha value is -0.610. The number of nitrogens with zero attached hydrogens (tertiary/aromatic N) is 1. The van der Waals surface area contributed by atoms with Crippen molar-refractivity contribution in [3.63, 3.8) is 0 Å². The zero-order valence-corrected chi connectivity index (χ0v) is 12.5. The fraction of sp³-hybridized carbons (Fsp3) is 0.615. The lowest BCUT2D eigenvalue weighted by molar-refractivity contribution is 0.409. The van der Waals surface area contributed by atoms with Crippen LogP contribution in [0.25, 0.3) is 0 Å². The lowest BCUT2D eigenvalue weighted by Gasteiger charge is -2.19. The molecule has 3 nitrogen and oxygen atoms in total. The second kappa shape index (κ2) is 6.97. The second-order valence-electron chi connectivity index (χ2n) is 4.44. The Labute approximate surface area is 112 Å². The van der Waals surface area contributed by atoms with Gasteiger partial charge in [-0.1, -0.05) is 22.9 Å². The van der Waals surface area contributed by atoms with Crippen LogP contribution < -0.4 is 10.1 Å².